The van der Waals surface area contributed by atoms with Crippen LogP contribution in [0.25, 0.3) is 0 Å². The zero-order valence-corrected chi connectivity index (χ0v) is 12.7. The predicted octanol–water partition coefficient (Wildman–Crippen LogP) is 3.03. The molecule has 1 amide bonds. The van der Waals surface area contributed by atoms with E-state index in [9.17, 15) is 4.79 Å². The van der Waals surface area contributed by atoms with Gasteiger partial charge in [-0.1, -0.05) is 0 Å². The lowest BCUT2D eigenvalue weighted by molar-refractivity contribution is 0.0920. The van der Waals surface area contributed by atoms with E-state index in [-0.39, 0.29) is 11.9 Å². The molecule has 0 saturated carbocycles. The van der Waals surface area contributed by atoms with Gasteiger partial charge in [0, 0.05) is 13.7 Å². The molecule has 0 aliphatic heterocycles. The number of thiophene rings is 1. The van der Waals surface area contributed by atoms with Gasteiger partial charge in [-0.05, 0) is 36.9 Å². The average Bonchev–Trinajstić information content (AvgIpc) is 3.11. The van der Waals surface area contributed by atoms with Crippen LogP contribution < -0.4 is 5.32 Å². The summed E-state index contributed by atoms with van der Waals surface area (Å²) in [5.41, 5.74) is 0.388. The van der Waals surface area contributed by atoms with Gasteiger partial charge in [0.1, 0.15) is 22.5 Å². The second-order valence-corrected chi connectivity index (χ2v) is 5.45. The van der Waals surface area contributed by atoms with Crippen molar-refractivity contribution in [3.63, 3.8) is 0 Å². The molecule has 0 bridgehead atoms. The number of methoxy groups -OCH3 is 1. The molecule has 2 aromatic heterocycles. The molecule has 0 aliphatic carbocycles. The lowest BCUT2D eigenvalue weighted by Gasteiger charge is -2.16. The van der Waals surface area contributed by atoms with E-state index >= 15 is 0 Å². The van der Waals surface area contributed by atoms with Crippen LogP contribution in [0, 0.1) is 18.3 Å². The molecule has 0 fully saturated rings. The zero-order chi connectivity index (χ0) is 15.2. The number of rotatable bonds is 6. The van der Waals surface area contributed by atoms with Crippen molar-refractivity contribution >= 4 is 17.2 Å². The number of nitriles is 1. The van der Waals surface area contributed by atoms with Gasteiger partial charge in [0.05, 0.1) is 11.6 Å². The Morgan fingerprint density at radius 2 is 2.33 bits per heavy atom. The highest BCUT2D eigenvalue weighted by atomic mass is 32.1. The van der Waals surface area contributed by atoms with Crippen molar-refractivity contribution in [2.45, 2.75) is 19.4 Å². The Labute approximate surface area is 127 Å². The summed E-state index contributed by atoms with van der Waals surface area (Å²) >= 11 is 1.25. The van der Waals surface area contributed by atoms with Crippen LogP contribution >= 0.6 is 11.3 Å². The second kappa shape index (κ2) is 7.07. The van der Waals surface area contributed by atoms with Crippen LogP contribution in [0.2, 0.25) is 0 Å². The molecular formula is C15H16N2O3S. The second-order valence-electron chi connectivity index (χ2n) is 4.53. The molecule has 2 heterocycles. The lowest BCUT2D eigenvalue weighted by Crippen LogP contribution is -2.29. The van der Waals surface area contributed by atoms with E-state index in [0.717, 1.165) is 5.76 Å². The van der Waals surface area contributed by atoms with Crippen molar-refractivity contribution in [3.05, 3.63) is 45.5 Å². The standard InChI is InChI=1S/C15H16N2O3S/c1-10-3-4-13(20-10)12(5-7-19-2)17-15(18)14-11(9-16)6-8-21-14/h3-4,6,8,12H,5,7H2,1-2H3,(H,17,18)/t12-/m0/s1. The molecule has 2 aromatic rings. The van der Waals surface area contributed by atoms with E-state index in [2.05, 4.69) is 5.32 Å². The van der Waals surface area contributed by atoms with Crippen LogP contribution in [0.5, 0.6) is 0 Å². The summed E-state index contributed by atoms with van der Waals surface area (Å²) in [5.74, 6) is 1.21. The SMILES string of the molecule is COCC[C@H](NC(=O)c1sccc1C#N)c1ccc(C)o1. The zero-order valence-electron chi connectivity index (χ0n) is 11.9. The number of hydrogen-bond donors (Lipinski definition) is 1. The number of nitrogens with zero attached hydrogens (tertiary/aromatic N) is 1. The Morgan fingerprint density at radius 1 is 1.52 bits per heavy atom. The fourth-order valence-corrected chi connectivity index (χ4v) is 2.71. The normalized spacial score (nSPS) is 11.9. The van der Waals surface area contributed by atoms with Crippen LogP contribution in [0.1, 0.15) is 39.2 Å². The topological polar surface area (TPSA) is 75.3 Å². The van der Waals surface area contributed by atoms with Gasteiger partial charge < -0.3 is 14.5 Å². The van der Waals surface area contributed by atoms with Gasteiger partial charge in [0.15, 0.2) is 0 Å². The number of aryl methyl sites for hydroxylation is 1. The number of carbonyl (C=O) groups is 1. The summed E-state index contributed by atoms with van der Waals surface area (Å²) in [6.45, 7) is 2.35. The van der Waals surface area contributed by atoms with Crippen LogP contribution in [-0.4, -0.2) is 19.6 Å². The van der Waals surface area contributed by atoms with E-state index in [0.29, 0.717) is 29.2 Å². The Hall–Kier alpha value is -2.10. The van der Waals surface area contributed by atoms with Crippen molar-refractivity contribution < 1.29 is 13.9 Å². The maximum Gasteiger partial charge on any atom is 0.263 e. The number of nitrogens with one attached hydrogen (secondary N) is 1. The van der Waals surface area contributed by atoms with Crippen LogP contribution in [0.4, 0.5) is 0 Å². The summed E-state index contributed by atoms with van der Waals surface area (Å²) in [6.07, 6.45) is 0.600. The molecule has 5 nitrogen and oxygen atoms in total. The van der Waals surface area contributed by atoms with Crippen molar-refractivity contribution in [3.8, 4) is 6.07 Å². The number of ether oxygens (including phenoxy) is 1. The summed E-state index contributed by atoms with van der Waals surface area (Å²) in [7, 11) is 1.61. The van der Waals surface area contributed by atoms with Crippen LogP contribution in [0.3, 0.4) is 0 Å². The van der Waals surface area contributed by atoms with E-state index in [1.165, 1.54) is 11.3 Å². The van der Waals surface area contributed by atoms with Gasteiger partial charge in [0.2, 0.25) is 0 Å². The monoisotopic (exact) mass is 304 g/mol. The first kappa shape index (κ1) is 15.3. The van der Waals surface area contributed by atoms with Crippen LogP contribution in [-0.2, 0) is 4.74 Å². The maximum absolute atomic E-state index is 12.3. The molecule has 110 valence electrons. The molecular weight excluding hydrogens is 288 g/mol. The molecule has 0 saturated heterocycles. The van der Waals surface area contributed by atoms with Gasteiger partial charge in [0.25, 0.3) is 5.91 Å². The quantitative estimate of drug-likeness (QED) is 0.890. The smallest absolute Gasteiger partial charge is 0.263 e. The number of furan rings is 1. The van der Waals surface area contributed by atoms with Gasteiger partial charge in [-0.25, -0.2) is 0 Å². The largest absolute Gasteiger partial charge is 0.464 e. The molecule has 21 heavy (non-hydrogen) atoms. The van der Waals surface area contributed by atoms with Crippen molar-refractivity contribution in [1.29, 1.82) is 5.26 Å². The lowest BCUT2D eigenvalue weighted by atomic mass is 10.1. The Bertz CT molecular complexity index is 654. The summed E-state index contributed by atoms with van der Waals surface area (Å²) < 4.78 is 10.7. The first-order valence-corrected chi connectivity index (χ1v) is 7.37. The molecule has 0 unspecified atom stereocenters. The predicted molar refractivity (Wildman–Crippen MR) is 79.2 cm³/mol. The first-order chi connectivity index (χ1) is 10.2. The molecule has 0 spiro atoms. The minimum Gasteiger partial charge on any atom is -0.464 e. The maximum atomic E-state index is 12.3. The fraction of sp³-hybridized carbons (Fsp3) is 0.333. The van der Waals surface area contributed by atoms with E-state index in [4.69, 9.17) is 14.4 Å². The van der Waals surface area contributed by atoms with Crippen molar-refractivity contribution in [2.75, 3.05) is 13.7 Å². The van der Waals surface area contributed by atoms with E-state index < -0.39 is 0 Å². The van der Waals surface area contributed by atoms with Gasteiger partial charge >= 0.3 is 0 Å². The highest BCUT2D eigenvalue weighted by Gasteiger charge is 2.21. The van der Waals surface area contributed by atoms with E-state index in [1.54, 1.807) is 18.6 Å². The summed E-state index contributed by atoms with van der Waals surface area (Å²) in [4.78, 5) is 12.7. The molecule has 2 rings (SSSR count). The third-order valence-electron chi connectivity index (χ3n) is 3.01. The van der Waals surface area contributed by atoms with Gasteiger partial charge in [-0.2, -0.15) is 5.26 Å². The summed E-state index contributed by atoms with van der Waals surface area (Å²) in [6, 6.07) is 7.08. The van der Waals surface area contributed by atoms with Gasteiger partial charge in [-0.3, -0.25) is 4.79 Å². The third-order valence-corrected chi connectivity index (χ3v) is 3.93. The number of hydrogen-bond acceptors (Lipinski definition) is 5. The highest BCUT2D eigenvalue weighted by molar-refractivity contribution is 7.12. The average molecular weight is 304 g/mol. The molecule has 0 aliphatic rings. The minimum absolute atomic E-state index is 0.267. The van der Waals surface area contributed by atoms with Gasteiger partial charge in [-0.15, -0.1) is 11.3 Å². The summed E-state index contributed by atoms with van der Waals surface area (Å²) in [5, 5.41) is 13.6. The Kier molecular flexibility index (Phi) is 5.14. The number of carbonyl (C=O) groups excluding carboxylic acids is 1. The molecule has 6 heteroatoms. The fourth-order valence-electron chi connectivity index (χ4n) is 1.96. The van der Waals surface area contributed by atoms with Crippen molar-refractivity contribution in [2.24, 2.45) is 0 Å². The third kappa shape index (κ3) is 3.72. The highest BCUT2D eigenvalue weighted by Crippen LogP contribution is 2.22. The number of amides is 1. The molecule has 1 atom stereocenters. The van der Waals surface area contributed by atoms with Crippen LogP contribution in [0.15, 0.2) is 28.0 Å². The molecule has 0 aromatic carbocycles. The van der Waals surface area contributed by atoms with Crippen molar-refractivity contribution in [1.82, 2.24) is 5.32 Å². The first-order valence-electron chi connectivity index (χ1n) is 6.49. The Morgan fingerprint density at radius 3 is 2.95 bits per heavy atom. The molecule has 1 N–H and O–H groups in total. The minimum atomic E-state index is -0.278. The van der Waals surface area contributed by atoms with E-state index in [1.807, 2.05) is 25.1 Å². The molecule has 0 radical (unpaired) electrons. The Balaban J connectivity index is 2.15.